The van der Waals surface area contributed by atoms with Crippen LogP contribution in [0.15, 0.2) is 146 Å². The van der Waals surface area contributed by atoms with E-state index in [2.05, 4.69) is 96.0 Å². The molecule has 0 radical (unpaired) electrons. The fourth-order valence-electron chi connectivity index (χ4n) is 7.94. The van der Waals surface area contributed by atoms with Gasteiger partial charge in [-0.05, 0) is 75.5 Å². The first-order valence-electron chi connectivity index (χ1n) is 16.9. The molecule has 0 bridgehead atoms. The second-order valence-electron chi connectivity index (χ2n) is 13.0. The normalized spacial score (nSPS) is 14.4. The summed E-state index contributed by atoms with van der Waals surface area (Å²) in [5.74, 6) is 2.01. The Bertz CT molecular complexity index is 2200. The van der Waals surface area contributed by atoms with Crippen LogP contribution >= 0.6 is 0 Å². The van der Waals surface area contributed by atoms with Gasteiger partial charge in [0, 0.05) is 34.5 Å². The van der Waals surface area contributed by atoms with Gasteiger partial charge in [-0.3, -0.25) is 4.98 Å². The number of fused-ring (bicyclic) bond motifs is 5. The zero-order valence-electron chi connectivity index (χ0n) is 26.7. The van der Waals surface area contributed by atoms with Crippen LogP contribution in [-0.2, 0) is 5.41 Å². The maximum Gasteiger partial charge on any atom is 0.164 e. The van der Waals surface area contributed by atoms with Crippen LogP contribution in [0.3, 0.4) is 0 Å². The van der Waals surface area contributed by atoms with Crippen molar-refractivity contribution >= 4 is 0 Å². The molecule has 0 N–H and O–H groups in total. The van der Waals surface area contributed by atoms with Gasteiger partial charge in [0.2, 0.25) is 0 Å². The van der Waals surface area contributed by atoms with Crippen LogP contribution in [0.4, 0.5) is 0 Å². The number of hydrogen-bond acceptors (Lipinski definition) is 4. The molecule has 0 atom stereocenters. The Hall–Kier alpha value is -5.74. The van der Waals surface area contributed by atoms with E-state index in [1.165, 1.54) is 71.0 Å². The average Bonchev–Trinajstić information content (AvgIpc) is 3.43. The van der Waals surface area contributed by atoms with Gasteiger partial charge in [0.15, 0.2) is 17.5 Å². The molecule has 1 fully saturated rings. The van der Waals surface area contributed by atoms with Crippen LogP contribution in [0.25, 0.3) is 67.5 Å². The Morgan fingerprint density at radius 3 is 1.71 bits per heavy atom. The summed E-state index contributed by atoms with van der Waals surface area (Å²) in [6, 6.07) is 47.3. The minimum absolute atomic E-state index is 0.0581. The molecular formula is C44H34N4. The van der Waals surface area contributed by atoms with Gasteiger partial charge in [0.25, 0.3) is 0 Å². The molecule has 0 amide bonds. The maximum absolute atomic E-state index is 5.07. The monoisotopic (exact) mass is 618 g/mol. The molecule has 230 valence electrons. The van der Waals surface area contributed by atoms with E-state index in [1.807, 2.05) is 54.9 Å². The molecular weight excluding hydrogens is 585 g/mol. The third-order valence-electron chi connectivity index (χ3n) is 10.2. The van der Waals surface area contributed by atoms with Gasteiger partial charge < -0.3 is 0 Å². The van der Waals surface area contributed by atoms with Gasteiger partial charge >= 0.3 is 0 Å². The van der Waals surface area contributed by atoms with E-state index in [-0.39, 0.29) is 5.41 Å². The highest BCUT2D eigenvalue weighted by atomic mass is 15.0. The number of benzene rings is 5. The highest BCUT2D eigenvalue weighted by molar-refractivity contribution is 5.89. The molecule has 0 aliphatic heterocycles. The van der Waals surface area contributed by atoms with Crippen molar-refractivity contribution in [3.05, 3.63) is 157 Å². The molecule has 4 nitrogen and oxygen atoms in total. The fourth-order valence-corrected chi connectivity index (χ4v) is 7.94. The molecule has 1 saturated carbocycles. The van der Waals surface area contributed by atoms with Gasteiger partial charge in [0.1, 0.15) is 0 Å². The topological polar surface area (TPSA) is 51.6 Å². The summed E-state index contributed by atoms with van der Waals surface area (Å²) in [7, 11) is 0. The third kappa shape index (κ3) is 4.84. The third-order valence-corrected chi connectivity index (χ3v) is 10.2. The molecule has 0 saturated heterocycles. The van der Waals surface area contributed by atoms with Gasteiger partial charge in [-0.1, -0.05) is 135 Å². The number of pyridine rings is 1. The zero-order chi connectivity index (χ0) is 31.9. The van der Waals surface area contributed by atoms with Crippen molar-refractivity contribution in [1.29, 1.82) is 0 Å². The van der Waals surface area contributed by atoms with Crippen LogP contribution < -0.4 is 0 Å². The molecule has 7 aromatic rings. The fraction of sp³-hybridized carbons (Fsp3) is 0.136. The van der Waals surface area contributed by atoms with Gasteiger partial charge in [-0.25, -0.2) is 15.0 Å². The first-order valence-corrected chi connectivity index (χ1v) is 16.9. The summed E-state index contributed by atoms with van der Waals surface area (Å²) in [5, 5.41) is 0. The minimum Gasteiger partial charge on any atom is -0.264 e. The van der Waals surface area contributed by atoms with E-state index in [0.29, 0.717) is 17.5 Å². The summed E-state index contributed by atoms with van der Waals surface area (Å²) in [6.07, 6.45) is 10.0. The number of rotatable bonds is 5. The Morgan fingerprint density at radius 1 is 0.396 bits per heavy atom. The van der Waals surface area contributed by atoms with Crippen molar-refractivity contribution < 1.29 is 0 Å². The van der Waals surface area contributed by atoms with Gasteiger partial charge in [-0.2, -0.15) is 0 Å². The molecule has 4 heteroatoms. The van der Waals surface area contributed by atoms with E-state index in [1.54, 1.807) is 0 Å². The molecule has 2 aliphatic rings. The lowest BCUT2D eigenvalue weighted by molar-refractivity contribution is 0.353. The lowest BCUT2D eigenvalue weighted by atomic mass is 9.67. The molecule has 0 unspecified atom stereocenters. The van der Waals surface area contributed by atoms with Crippen molar-refractivity contribution in [2.45, 2.75) is 37.5 Å². The van der Waals surface area contributed by atoms with Crippen molar-refractivity contribution in [2.75, 3.05) is 0 Å². The second-order valence-corrected chi connectivity index (χ2v) is 13.0. The molecule has 2 heterocycles. The van der Waals surface area contributed by atoms with E-state index in [9.17, 15) is 0 Å². The van der Waals surface area contributed by atoms with Gasteiger partial charge in [0.05, 0.1) is 0 Å². The summed E-state index contributed by atoms with van der Waals surface area (Å²) < 4.78 is 0. The number of aromatic nitrogens is 4. The Kier molecular flexibility index (Phi) is 7.01. The predicted octanol–water partition coefficient (Wildman–Crippen LogP) is 10.8. The average molecular weight is 619 g/mol. The van der Waals surface area contributed by atoms with E-state index < -0.39 is 0 Å². The van der Waals surface area contributed by atoms with Crippen molar-refractivity contribution in [3.8, 4) is 67.5 Å². The largest absolute Gasteiger partial charge is 0.264 e. The molecule has 9 rings (SSSR count). The molecule has 1 spiro atoms. The van der Waals surface area contributed by atoms with Crippen LogP contribution in [0, 0.1) is 0 Å². The van der Waals surface area contributed by atoms with Crippen LogP contribution in [0.1, 0.15) is 43.2 Å². The van der Waals surface area contributed by atoms with Gasteiger partial charge in [-0.15, -0.1) is 0 Å². The van der Waals surface area contributed by atoms with Crippen LogP contribution in [0.5, 0.6) is 0 Å². The second kappa shape index (κ2) is 11.8. The first-order chi connectivity index (χ1) is 23.8. The standard InChI is InChI=1S/C44H34N4/c1-4-13-30(14-5-1)41-46-42(31-15-6-2-7-16-31)48-43(47-41)37-19-9-8-18-35(37)33-21-23-39-38(27-33)36-22-20-32(34-17-12-26-45-29-34)28-40(36)44(39)24-10-3-11-25-44/h1-2,4-9,12-23,26-29H,3,10-11,24-25H2. The van der Waals surface area contributed by atoms with Crippen LogP contribution in [0.2, 0.25) is 0 Å². The Morgan fingerprint density at radius 2 is 1.02 bits per heavy atom. The number of nitrogens with zero attached hydrogens (tertiary/aromatic N) is 4. The van der Waals surface area contributed by atoms with Crippen molar-refractivity contribution in [3.63, 3.8) is 0 Å². The van der Waals surface area contributed by atoms with E-state index in [4.69, 9.17) is 15.0 Å². The number of hydrogen-bond donors (Lipinski definition) is 0. The first kappa shape index (κ1) is 28.5. The predicted molar refractivity (Wildman–Crippen MR) is 194 cm³/mol. The summed E-state index contributed by atoms with van der Waals surface area (Å²) in [4.78, 5) is 19.5. The SMILES string of the molecule is c1ccc(-c2nc(-c3ccccc3)nc(-c3ccccc3-c3ccc4c(c3)-c3ccc(-c5cccnc5)cc3C43CCCCC3)n2)cc1. The van der Waals surface area contributed by atoms with Crippen molar-refractivity contribution in [2.24, 2.45) is 0 Å². The lowest BCUT2D eigenvalue weighted by Gasteiger charge is -2.36. The van der Waals surface area contributed by atoms with Crippen LogP contribution in [-0.4, -0.2) is 19.9 Å². The van der Waals surface area contributed by atoms with Crippen molar-refractivity contribution in [1.82, 2.24) is 19.9 Å². The smallest absolute Gasteiger partial charge is 0.164 e. The summed E-state index contributed by atoms with van der Waals surface area (Å²) in [6.45, 7) is 0. The Labute approximate surface area is 281 Å². The molecule has 2 aliphatic carbocycles. The highest BCUT2D eigenvalue weighted by Crippen LogP contribution is 2.57. The maximum atomic E-state index is 5.07. The minimum atomic E-state index is 0.0581. The quantitative estimate of drug-likeness (QED) is 0.193. The summed E-state index contributed by atoms with van der Waals surface area (Å²) >= 11 is 0. The molecule has 48 heavy (non-hydrogen) atoms. The molecule has 5 aromatic carbocycles. The highest BCUT2D eigenvalue weighted by Gasteiger charge is 2.44. The lowest BCUT2D eigenvalue weighted by Crippen LogP contribution is -2.28. The zero-order valence-corrected chi connectivity index (χ0v) is 26.7. The Balaban J connectivity index is 1.20. The molecule has 2 aromatic heterocycles. The van der Waals surface area contributed by atoms with E-state index in [0.717, 1.165) is 22.3 Å². The van der Waals surface area contributed by atoms with E-state index >= 15 is 0 Å². The summed E-state index contributed by atoms with van der Waals surface area (Å²) in [5.41, 5.74) is 13.3.